The average molecular weight is 354 g/mol. The summed E-state index contributed by atoms with van der Waals surface area (Å²) < 4.78 is 28.1. The van der Waals surface area contributed by atoms with Crippen molar-refractivity contribution in [1.82, 2.24) is 10.2 Å². The number of rotatable bonds is 5. The molecule has 1 aliphatic rings. The first-order valence-corrected chi connectivity index (χ1v) is 8.04. The van der Waals surface area contributed by atoms with E-state index < -0.39 is 53.5 Å². The van der Waals surface area contributed by atoms with E-state index in [9.17, 15) is 28.3 Å². The molecule has 136 valence electrons. The highest BCUT2D eigenvalue weighted by Gasteiger charge is 2.34. The Morgan fingerprint density at radius 1 is 1.28 bits per heavy atom. The Morgan fingerprint density at radius 2 is 1.92 bits per heavy atom. The summed E-state index contributed by atoms with van der Waals surface area (Å²) in [6, 6.07) is 1.11. The highest BCUT2D eigenvalue weighted by molar-refractivity contribution is 5.85. The van der Waals surface area contributed by atoms with E-state index in [2.05, 4.69) is 5.32 Å². The quantitative estimate of drug-likeness (QED) is 0.847. The van der Waals surface area contributed by atoms with Crippen LogP contribution in [-0.2, 0) is 14.4 Å². The van der Waals surface area contributed by atoms with Crippen LogP contribution >= 0.6 is 0 Å². The lowest BCUT2D eigenvalue weighted by Crippen LogP contribution is -2.49. The SMILES string of the molecule is CC(=O)N[C@H](CC(=O)N1CCCC[C@@H]1C(=O)O)c1c(F)cccc1F. The van der Waals surface area contributed by atoms with Gasteiger partial charge in [0.2, 0.25) is 11.8 Å². The van der Waals surface area contributed by atoms with Gasteiger partial charge in [0, 0.05) is 19.0 Å². The van der Waals surface area contributed by atoms with Crippen molar-refractivity contribution in [3.05, 3.63) is 35.4 Å². The van der Waals surface area contributed by atoms with Crippen molar-refractivity contribution in [2.45, 2.75) is 44.7 Å². The van der Waals surface area contributed by atoms with Crippen molar-refractivity contribution in [3.63, 3.8) is 0 Å². The summed E-state index contributed by atoms with van der Waals surface area (Å²) in [4.78, 5) is 36.5. The summed E-state index contributed by atoms with van der Waals surface area (Å²) in [5, 5.41) is 11.6. The fraction of sp³-hybridized carbons (Fsp3) is 0.471. The van der Waals surface area contributed by atoms with Crippen LogP contribution in [0.2, 0.25) is 0 Å². The summed E-state index contributed by atoms with van der Waals surface area (Å²) in [6.45, 7) is 1.44. The third-order valence-electron chi connectivity index (χ3n) is 4.21. The molecule has 2 amide bonds. The second kappa shape index (κ2) is 8.04. The fourth-order valence-electron chi connectivity index (χ4n) is 3.09. The number of benzene rings is 1. The molecule has 2 N–H and O–H groups in total. The maximum absolute atomic E-state index is 14.0. The third kappa shape index (κ3) is 4.52. The van der Waals surface area contributed by atoms with Crippen LogP contribution in [0.25, 0.3) is 0 Å². The molecule has 2 rings (SSSR count). The van der Waals surface area contributed by atoms with E-state index in [1.54, 1.807) is 0 Å². The molecular weight excluding hydrogens is 334 g/mol. The lowest BCUT2D eigenvalue weighted by atomic mass is 9.98. The number of halogens is 2. The summed E-state index contributed by atoms with van der Waals surface area (Å²) in [7, 11) is 0. The number of carbonyl (C=O) groups excluding carboxylic acids is 2. The van der Waals surface area contributed by atoms with Crippen LogP contribution in [-0.4, -0.2) is 40.4 Å². The van der Waals surface area contributed by atoms with E-state index in [1.807, 2.05) is 0 Å². The number of likely N-dealkylation sites (tertiary alicyclic amines) is 1. The van der Waals surface area contributed by atoms with Crippen LogP contribution in [0, 0.1) is 11.6 Å². The summed E-state index contributed by atoms with van der Waals surface area (Å²) in [6.07, 6.45) is 1.27. The number of hydrogen-bond acceptors (Lipinski definition) is 3. The molecule has 1 aromatic carbocycles. The standard InChI is InChI=1S/C17H20F2N2O4/c1-10(22)20-13(16-11(18)5-4-6-12(16)19)9-15(23)21-8-3-2-7-14(21)17(24)25/h4-6,13-14H,2-3,7-9H2,1H3,(H,20,22)(H,24,25)/t13-,14-/m1/s1. The normalized spacial score (nSPS) is 18.5. The van der Waals surface area contributed by atoms with Gasteiger partial charge < -0.3 is 15.3 Å². The Hall–Kier alpha value is -2.51. The number of piperidine rings is 1. The number of carboxylic acid groups (broad SMARTS) is 1. The maximum atomic E-state index is 14.0. The highest BCUT2D eigenvalue weighted by Crippen LogP contribution is 2.26. The topological polar surface area (TPSA) is 86.7 Å². The molecule has 2 atom stereocenters. The second-order valence-corrected chi connectivity index (χ2v) is 6.03. The maximum Gasteiger partial charge on any atom is 0.326 e. The van der Waals surface area contributed by atoms with Crippen molar-refractivity contribution < 1.29 is 28.3 Å². The molecule has 6 nitrogen and oxygen atoms in total. The molecule has 0 aliphatic carbocycles. The minimum Gasteiger partial charge on any atom is -0.480 e. The first kappa shape index (κ1) is 18.8. The minimum atomic E-state index is -1.21. The first-order chi connectivity index (χ1) is 11.8. The zero-order valence-electron chi connectivity index (χ0n) is 13.8. The fourth-order valence-corrected chi connectivity index (χ4v) is 3.09. The number of nitrogens with zero attached hydrogens (tertiary/aromatic N) is 1. The van der Waals surface area contributed by atoms with Gasteiger partial charge in [0.25, 0.3) is 0 Å². The number of carboxylic acids is 1. The molecule has 0 saturated carbocycles. The predicted molar refractivity (Wildman–Crippen MR) is 84.5 cm³/mol. The molecule has 0 radical (unpaired) electrons. The zero-order chi connectivity index (χ0) is 18.6. The first-order valence-electron chi connectivity index (χ1n) is 8.04. The molecule has 1 heterocycles. The molecule has 1 saturated heterocycles. The van der Waals surface area contributed by atoms with E-state index in [0.717, 1.165) is 12.1 Å². The van der Waals surface area contributed by atoms with Crippen molar-refractivity contribution in [1.29, 1.82) is 0 Å². The molecule has 25 heavy (non-hydrogen) atoms. The molecule has 0 aromatic heterocycles. The van der Waals surface area contributed by atoms with E-state index in [0.29, 0.717) is 19.3 Å². The van der Waals surface area contributed by atoms with Gasteiger partial charge in [-0.1, -0.05) is 6.07 Å². The Kier molecular flexibility index (Phi) is 6.06. The van der Waals surface area contributed by atoms with Crippen molar-refractivity contribution >= 4 is 17.8 Å². The summed E-state index contributed by atoms with van der Waals surface area (Å²) in [5.41, 5.74) is -0.407. The van der Waals surface area contributed by atoms with E-state index >= 15 is 0 Å². The van der Waals surface area contributed by atoms with Crippen LogP contribution in [0.3, 0.4) is 0 Å². The number of carbonyl (C=O) groups is 3. The number of hydrogen-bond donors (Lipinski definition) is 2. The molecule has 0 bridgehead atoms. The van der Waals surface area contributed by atoms with Crippen LogP contribution in [0.5, 0.6) is 0 Å². The smallest absolute Gasteiger partial charge is 0.326 e. The van der Waals surface area contributed by atoms with Gasteiger partial charge in [-0.25, -0.2) is 13.6 Å². The van der Waals surface area contributed by atoms with Crippen molar-refractivity contribution in [3.8, 4) is 0 Å². The Labute approximate surface area is 143 Å². The van der Waals surface area contributed by atoms with Crippen LogP contribution in [0.15, 0.2) is 18.2 Å². The number of amides is 2. The summed E-state index contributed by atoms with van der Waals surface area (Å²) >= 11 is 0. The van der Waals surface area contributed by atoms with Gasteiger partial charge >= 0.3 is 5.97 Å². The Morgan fingerprint density at radius 3 is 2.48 bits per heavy atom. The Balaban J connectivity index is 2.26. The molecule has 1 aliphatic heterocycles. The minimum absolute atomic E-state index is 0.266. The van der Waals surface area contributed by atoms with Gasteiger partial charge in [-0.15, -0.1) is 0 Å². The Bertz CT molecular complexity index is 660. The monoisotopic (exact) mass is 354 g/mol. The lowest BCUT2D eigenvalue weighted by molar-refractivity contribution is -0.152. The van der Waals surface area contributed by atoms with Gasteiger partial charge in [0.15, 0.2) is 0 Å². The molecule has 1 fully saturated rings. The predicted octanol–water partition coefficient (Wildman–Crippen LogP) is 2.00. The van der Waals surface area contributed by atoms with Gasteiger partial charge in [-0.2, -0.15) is 0 Å². The summed E-state index contributed by atoms with van der Waals surface area (Å²) in [5.74, 6) is -3.97. The molecule has 0 unspecified atom stereocenters. The number of aliphatic carboxylic acids is 1. The third-order valence-corrected chi connectivity index (χ3v) is 4.21. The van der Waals surface area contributed by atoms with Crippen LogP contribution < -0.4 is 5.32 Å². The van der Waals surface area contributed by atoms with E-state index in [1.165, 1.54) is 17.9 Å². The van der Waals surface area contributed by atoms with Crippen molar-refractivity contribution in [2.24, 2.45) is 0 Å². The van der Waals surface area contributed by atoms with Gasteiger partial charge in [0.05, 0.1) is 12.5 Å². The largest absolute Gasteiger partial charge is 0.480 e. The molecule has 8 heteroatoms. The van der Waals surface area contributed by atoms with Crippen LogP contribution in [0.1, 0.15) is 44.2 Å². The van der Waals surface area contributed by atoms with Gasteiger partial charge in [-0.05, 0) is 31.4 Å². The van der Waals surface area contributed by atoms with Gasteiger partial charge in [-0.3, -0.25) is 9.59 Å². The second-order valence-electron chi connectivity index (χ2n) is 6.03. The highest BCUT2D eigenvalue weighted by atomic mass is 19.1. The van der Waals surface area contributed by atoms with Crippen LogP contribution in [0.4, 0.5) is 8.78 Å². The van der Waals surface area contributed by atoms with Gasteiger partial charge in [0.1, 0.15) is 17.7 Å². The average Bonchev–Trinajstić information content (AvgIpc) is 2.53. The van der Waals surface area contributed by atoms with E-state index in [4.69, 9.17) is 0 Å². The zero-order valence-corrected chi connectivity index (χ0v) is 13.8. The number of nitrogens with one attached hydrogen (secondary N) is 1. The molecule has 1 aromatic rings. The molecule has 0 spiro atoms. The lowest BCUT2D eigenvalue weighted by Gasteiger charge is -2.34. The van der Waals surface area contributed by atoms with Crippen molar-refractivity contribution in [2.75, 3.05) is 6.54 Å². The van der Waals surface area contributed by atoms with E-state index in [-0.39, 0.29) is 6.54 Å². The molecular formula is C17H20F2N2O4.